The number of fused-ring (bicyclic) bond motifs is 1. The molecule has 2 rings (SSSR count). The largest absolute Gasteiger partial charge is 0.280 e. The van der Waals surface area contributed by atoms with Crippen LogP contribution in [0.1, 0.15) is 50.7 Å². The highest BCUT2D eigenvalue weighted by atomic mass is 35.5. The van der Waals surface area contributed by atoms with Crippen LogP contribution < -0.4 is 0 Å². The van der Waals surface area contributed by atoms with Crippen LogP contribution in [-0.4, -0.2) is 5.24 Å². The van der Waals surface area contributed by atoms with Crippen LogP contribution in [-0.2, 0) is 16.6 Å². The number of benzene rings is 1. The topological polar surface area (TPSA) is 17.1 Å². The monoisotopic (exact) mass is 264 g/mol. The van der Waals surface area contributed by atoms with Crippen molar-refractivity contribution in [1.29, 1.82) is 0 Å². The first-order chi connectivity index (χ1) is 8.60. The third-order valence-corrected chi connectivity index (χ3v) is 4.82. The predicted octanol–water partition coefficient (Wildman–Crippen LogP) is 4.46. The summed E-state index contributed by atoms with van der Waals surface area (Å²) in [6, 6.07) is 8.25. The molecular formula is C16H21ClO. The quantitative estimate of drug-likeness (QED) is 0.567. The Bertz CT molecular complexity index is 440. The molecule has 0 amide bonds. The van der Waals surface area contributed by atoms with Gasteiger partial charge in [-0.05, 0) is 48.4 Å². The number of carbonyl (C=O) groups is 1. The van der Waals surface area contributed by atoms with Crippen LogP contribution in [0.25, 0.3) is 0 Å². The minimum absolute atomic E-state index is 0.200. The zero-order valence-electron chi connectivity index (χ0n) is 11.2. The van der Waals surface area contributed by atoms with Gasteiger partial charge in [0.25, 0.3) is 0 Å². The van der Waals surface area contributed by atoms with Crippen LogP contribution in [0.5, 0.6) is 0 Å². The minimum atomic E-state index is -0.480. The second kappa shape index (κ2) is 5.44. The maximum Gasteiger partial charge on any atom is 0.232 e. The molecule has 0 N–H and O–H groups in total. The van der Waals surface area contributed by atoms with Gasteiger partial charge in [0.1, 0.15) is 0 Å². The lowest BCUT2D eigenvalue weighted by molar-refractivity contribution is -0.117. The smallest absolute Gasteiger partial charge is 0.232 e. The Morgan fingerprint density at radius 2 is 2.11 bits per heavy atom. The fraction of sp³-hybridized carbons (Fsp3) is 0.562. The van der Waals surface area contributed by atoms with Crippen LogP contribution in [0.15, 0.2) is 24.3 Å². The van der Waals surface area contributed by atoms with E-state index < -0.39 is 5.41 Å². The molecule has 0 aliphatic heterocycles. The van der Waals surface area contributed by atoms with Crippen molar-refractivity contribution in [3.05, 3.63) is 35.4 Å². The lowest BCUT2D eigenvalue weighted by Gasteiger charge is -2.28. The Labute approximate surface area is 115 Å². The fourth-order valence-corrected chi connectivity index (χ4v) is 3.45. The van der Waals surface area contributed by atoms with E-state index in [2.05, 4.69) is 19.1 Å². The van der Waals surface area contributed by atoms with Gasteiger partial charge in [0.2, 0.25) is 5.24 Å². The summed E-state index contributed by atoms with van der Waals surface area (Å²) < 4.78 is 0. The number of halogens is 1. The summed E-state index contributed by atoms with van der Waals surface area (Å²) in [6.07, 6.45) is 5.73. The van der Waals surface area contributed by atoms with E-state index in [1.807, 2.05) is 19.1 Å². The van der Waals surface area contributed by atoms with Gasteiger partial charge in [-0.15, -0.1) is 0 Å². The molecule has 2 atom stereocenters. The van der Waals surface area contributed by atoms with Gasteiger partial charge in [-0.25, -0.2) is 0 Å². The van der Waals surface area contributed by atoms with Gasteiger partial charge in [0, 0.05) is 0 Å². The molecular weight excluding hydrogens is 244 g/mol. The highest BCUT2D eigenvalue weighted by Crippen LogP contribution is 2.46. The van der Waals surface area contributed by atoms with Gasteiger partial charge >= 0.3 is 0 Å². The predicted molar refractivity (Wildman–Crippen MR) is 76.0 cm³/mol. The Morgan fingerprint density at radius 3 is 2.78 bits per heavy atom. The molecule has 0 aromatic heterocycles. The van der Waals surface area contributed by atoms with Gasteiger partial charge in [0.15, 0.2) is 0 Å². The summed E-state index contributed by atoms with van der Waals surface area (Å²) >= 11 is 5.92. The fourth-order valence-electron chi connectivity index (χ4n) is 3.19. The van der Waals surface area contributed by atoms with Crippen LogP contribution in [0, 0.1) is 5.92 Å². The molecule has 0 spiro atoms. The number of unbranched alkanes of at least 4 members (excludes halogenated alkanes) is 2. The summed E-state index contributed by atoms with van der Waals surface area (Å²) in [6.45, 7) is 4.22. The summed E-state index contributed by atoms with van der Waals surface area (Å²) in [4.78, 5) is 11.9. The second-order valence-corrected chi connectivity index (χ2v) is 5.87. The van der Waals surface area contributed by atoms with Crippen molar-refractivity contribution in [3.63, 3.8) is 0 Å². The molecule has 1 aromatic rings. The van der Waals surface area contributed by atoms with Crippen LogP contribution in [0.2, 0.25) is 0 Å². The van der Waals surface area contributed by atoms with E-state index in [4.69, 9.17) is 11.6 Å². The number of carbonyl (C=O) groups excluding carboxylic acids is 1. The Balaban J connectivity index is 2.26. The summed E-state index contributed by atoms with van der Waals surface area (Å²) in [7, 11) is 0. The van der Waals surface area contributed by atoms with Crippen molar-refractivity contribution >= 4 is 16.8 Å². The molecule has 0 heterocycles. The average Bonchev–Trinajstić information content (AvgIpc) is 2.65. The lowest BCUT2D eigenvalue weighted by Crippen LogP contribution is -2.34. The first-order valence-corrected chi connectivity index (χ1v) is 7.26. The molecule has 0 saturated carbocycles. The van der Waals surface area contributed by atoms with E-state index in [-0.39, 0.29) is 5.24 Å². The molecule has 1 aliphatic rings. The highest BCUT2D eigenvalue weighted by molar-refractivity contribution is 6.65. The number of rotatable bonds is 5. The Kier molecular flexibility index (Phi) is 4.11. The van der Waals surface area contributed by atoms with E-state index in [1.165, 1.54) is 24.8 Å². The summed E-state index contributed by atoms with van der Waals surface area (Å²) in [5.74, 6) is 0.367. The van der Waals surface area contributed by atoms with E-state index >= 15 is 0 Å². The Hall–Kier alpha value is -0.820. The average molecular weight is 265 g/mol. The Morgan fingerprint density at radius 1 is 1.39 bits per heavy atom. The molecule has 0 radical (unpaired) electrons. The van der Waals surface area contributed by atoms with Crippen molar-refractivity contribution in [2.24, 2.45) is 5.92 Å². The first kappa shape index (κ1) is 13.6. The van der Waals surface area contributed by atoms with Crippen molar-refractivity contribution < 1.29 is 4.79 Å². The third kappa shape index (κ3) is 2.21. The first-order valence-electron chi connectivity index (χ1n) is 6.89. The standard InChI is InChI=1S/C16H21ClO/c1-3-4-5-9-13-11-12-8-6-7-10-14(12)16(13,2)15(17)18/h6-8,10,13H,3-5,9,11H2,1-2H3. The maximum atomic E-state index is 11.9. The zero-order chi connectivity index (χ0) is 13.2. The zero-order valence-corrected chi connectivity index (χ0v) is 12.0. The van der Waals surface area contributed by atoms with Gasteiger partial charge in [-0.3, -0.25) is 4.79 Å². The van der Waals surface area contributed by atoms with E-state index in [0.717, 1.165) is 18.4 Å². The molecule has 0 saturated heterocycles. The number of hydrogen-bond donors (Lipinski definition) is 0. The van der Waals surface area contributed by atoms with E-state index in [1.54, 1.807) is 0 Å². The van der Waals surface area contributed by atoms with Gasteiger partial charge in [-0.1, -0.05) is 50.5 Å². The van der Waals surface area contributed by atoms with Gasteiger partial charge in [-0.2, -0.15) is 0 Å². The molecule has 1 aromatic carbocycles. The molecule has 2 heteroatoms. The second-order valence-electron chi connectivity index (χ2n) is 5.53. The van der Waals surface area contributed by atoms with E-state index in [0.29, 0.717) is 5.92 Å². The highest BCUT2D eigenvalue weighted by Gasteiger charge is 2.47. The van der Waals surface area contributed by atoms with Crippen LogP contribution in [0.4, 0.5) is 0 Å². The van der Waals surface area contributed by atoms with Gasteiger partial charge in [0.05, 0.1) is 5.41 Å². The lowest BCUT2D eigenvalue weighted by atomic mass is 9.75. The summed E-state index contributed by atoms with van der Waals surface area (Å²) in [5, 5.41) is -0.200. The molecule has 18 heavy (non-hydrogen) atoms. The number of hydrogen-bond acceptors (Lipinski definition) is 1. The van der Waals surface area contributed by atoms with E-state index in [9.17, 15) is 4.79 Å². The molecule has 1 nitrogen and oxygen atoms in total. The van der Waals surface area contributed by atoms with Crippen molar-refractivity contribution in [1.82, 2.24) is 0 Å². The minimum Gasteiger partial charge on any atom is -0.280 e. The normalized spacial score (nSPS) is 26.1. The van der Waals surface area contributed by atoms with Crippen molar-refractivity contribution in [2.45, 2.75) is 51.4 Å². The van der Waals surface area contributed by atoms with Crippen LogP contribution >= 0.6 is 11.6 Å². The van der Waals surface area contributed by atoms with Crippen molar-refractivity contribution in [2.75, 3.05) is 0 Å². The van der Waals surface area contributed by atoms with Gasteiger partial charge < -0.3 is 0 Å². The molecule has 0 bridgehead atoms. The maximum absolute atomic E-state index is 11.9. The molecule has 0 fully saturated rings. The SMILES string of the molecule is CCCCCC1Cc2ccccc2C1(C)C(=O)Cl. The molecule has 1 aliphatic carbocycles. The third-order valence-electron chi connectivity index (χ3n) is 4.42. The van der Waals surface area contributed by atoms with Crippen molar-refractivity contribution in [3.8, 4) is 0 Å². The summed E-state index contributed by atoms with van der Waals surface area (Å²) in [5.41, 5.74) is 1.97. The van der Waals surface area contributed by atoms with Crippen LogP contribution in [0.3, 0.4) is 0 Å². The molecule has 98 valence electrons. The molecule has 2 unspecified atom stereocenters.